The van der Waals surface area contributed by atoms with E-state index in [1.54, 1.807) is 6.20 Å². The molecule has 1 amide bonds. The Hall–Kier alpha value is -1.36. The largest absolute Gasteiger partial charge is 0.337 e. The number of likely N-dealkylation sites (tertiary alicyclic amines) is 1. The minimum atomic E-state index is 0.0974. The van der Waals surface area contributed by atoms with Crippen LogP contribution in [0.4, 0.5) is 0 Å². The molecule has 1 aliphatic rings. The predicted molar refractivity (Wildman–Crippen MR) is 75.3 cm³/mol. The van der Waals surface area contributed by atoms with Gasteiger partial charge in [-0.25, -0.2) is 0 Å². The average molecular weight is 264 g/mol. The van der Waals surface area contributed by atoms with Gasteiger partial charge in [0.15, 0.2) is 0 Å². The van der Waals surface area contributed by atoms with Crippen molar-refractivity contribution in [1.29, 1.82) is 0 Å². The van der Waals surface area contributed by atoms with Crippen molar-refractivity contribution in [3.05, 3.63) is 17.5 Å². The molecule has 1 aliphatic heterocycles. The number of carbonyl (C=O) groups excluding carboxylic acids is 1. The van der Waals surface area contributed by atoms with Crippen LogP contribution in [0.3, 0.4) is 0 Å². The lowest BCUT2D eigenvalue weighted by atomic mass is 10.1. The summed E-state index contributed by atoms with van der Waals surface area (Å²) in [5.41, 5.74) is 1.72. The van der Waals surface area contributed by atoms with Gasteiger partial charge >= 0.3 is 0 Å². The van der Waals surface area contributed by atoms with Gasteiger partial charge < -0.3 is 9.80 Å². The first kappa shape index (κ1) is 14.1. The Bertz CT molecular complexity index is 454. The number of aryl methyl sites for hydroxylation is 1. The van der Waals surface area contributed by atoms with Gasteiger partial charge in [-0.3, -0.25) is 9.48 Å². The SMILES string of the molecule is CCCn1ncc(C(=O)N(C)[C@@H]2CCN(C)C2)c1C. The highest BCUT2D eigenvalue weighted by molar-refractivity contribution is 5.95. The molecule has 0 saturated carbocycles. The smallest absolute Gasteiger partial charge is 0.257 e. The number of hydrogen-bond donors (Lipinski definition) is 0. The second kappa shape index (κ2) is 5.74. The minimum Gasteiger partial charge on any atom is -0.337 e. The summed E-state index contributed by atoms with van der Waals surface area (Å²) in [6.07, 6.45) is 3.79. The van der Waals surface area contributed by atoms with E-state index in [1.807, 2.05) is 23.6 Å². The molecule has 1 aromatic heterocycles. The van der Waals surface area contributed by atoms with Gasteiger partial charge in [-0.2, -0.15) is 5.10 Å². The molecule has 0 bridgehead atoms. The van der Waals surface area contributed by atoms with Crippen LogP contribution >= 0.6 is 0 Å². The van der Waals surface area contributed by atoms with E-state index in [9.17, 15) is 4.79 Å². The van der Waals surface area contributed by atoms with Crippen LogP contribution in [0.5, 0.6) is 0 Å². The molecule has 19 heavy (non-hydrogen) atoms. The second-order valence-corrected chi connectivity index (χ2v) is 5.49. The van der Waals surface area contributed by atoms with Crippen molar-refractivity contribution in [2.75, 3.05) is 27.2 Å². The van der Waals surface area contributed by atoms with E-state index in [0.717, 1.165) is 43.7 Å². The molecule has 0 N–H and O–H groups in total. The third-order valence-corrected chi connectivity index (χ3v) is 4.00. The quantitative estimate of drug-likeness (QED) is 0.825. The maximum atomic E-state index is 12.5. The molecular formula is C14H24N4O. The van der Waals surface area contributed by atoms with Crippen molar-refractivity contribution in [2.45, 2.75) is 39.3 Å². The van der Waals surface area contributed by atoms with Crippen LogP contribution < -0.4 is 0 Å². The van der Waals surface area contributed by atoms with Gasteiger partial charge in [0.1, 0.15) is 0 Å². The number of carbonyl (C=O) groups is 1. The summed E-state index contributed by atoms with van der Waals surface area (Å²) < 4.78 is 1.92. The molecule has 0 radical (unpaired) electrons. The first-order chi connectivity index (χ1) is 9.04. The zero-order valence-electron chi connectivity index (χ0n) is 12.4. The Balaban J connectivity index is 2.10. The topological polar surface area (TPSA) is 41.4 Å². The summed E-state index contributed by atoms with van der Waals surface area (Å²) in [5.74, 6) is 0.0974. The van der Waals surface area contributed by atoms with E-state index < -0.39 is 0 Å². The van der Waals surface area contributed by atoms with E-state index >= 15 is 0 Å². The first-order valence-corrected chi connectivity index (χ1v) is 7.02. The highest BCUT2D eigenvalue weighted by atomic mass is 16.2. The maximum absolute atomic E-state index is 12.5. The van der Waals surface area contributed by atoms with Gasteiger partial charge in [0.25, 0.3) is 5.91 Å². The number of aromatic nitrogens is 2. The fourth-order valence-electron chi connectivity index (χ4n) is 2.68. The molecule has 1 saturated heterocycles. The van der Waals surface area contributed by atoms with E-state index in [1.165, 1.54) is 0 Å². The first-order valence-electron chi connectivity index (χ1n) is 7.02. The molecule has 5 nitrogen and oxygen atoms in total. The monoisotopic (exact) mass is 264 g/mol. The average Bonchev–Trinajstić information content (AvgIpc) is 2.96. The zero-order valence-corrected chi connectivity index (χ0v) is 12.4. The molecule has 2 rings (SSSR count). The summed E-state index contributed by atoms with van der Waals surface area (Å²) in [4.78, 5) is 16.7. The highest BCUT2D eigenvalue weighted by Gasteiger charge is 2.28. The summed E-state index contributed by atoms with van der Waals surface area (Å²) in [6, 6.07) is 0.325. The Morgan fingerprint density at radius 3 is 2.89 bits per heavy atom. The van der Waals surface area contributed by atoms with E-state index in [-0.39, 0.29) is 5.91 Å². The zero-order chi connectivity index (χ0) is 14.0. The Kier molecular flexibility index (Phi) is 4.24. The summed E-state index contributed by atoms with van der Waals surface area (Å²) in [7, 11) is 4.01. The van der Waals surface area contributed by atoms with Crippen LogP contribution in [0.1, 0.15) is 35.8 Å². The van der Waals surface area contributed by atoms with Gasteiger partial charge in [-0.05, 0) is 33.4 Å². The Labute approximate surface area is 115 Å². The fourth-order valence-corrected chi connectivity index (χ4v) is 2.68. The molecule has 106 valence electrons. The molecule has 1 aromatic rings. The number of rotatable bonds is 4. The van der Waals surface area contributed by atoms with Crippen molar-refractivity contribution >= 4 is 5.91 Å². The van der Waals surface area contributed by atoms with Crippen molar-refractivity contribution in [3.63, 3.8) is 0 Å². The highest BCUT2D eigenvalue weighted by Crippen LogP contribution is 2.17. The van der Waals surface area contributed by atoms with Gasteiger partial charge in [0, 0.05) is 31.9 Å². The van der Waals surface area contributed by atoms with Gasteiger partial charge in [0.05, 0.1) is 11.8 Å². The predicted octanol–water partition coefficient (Wildman–Crippen LogP) is 1.38. The van der Waals surface area contributed by atoms with Gasteiger partial charge in [-0.15, -0.1) is 0 Å². The van der Waals surface area contributed by atoms with Gasteiger partial charge in [-0.1, -0.05) is 6.92 Å². The molecule has 0 aromatic carbocycles. The van der Waals surface area contributed by atoms with E-state index in [2.05, 4.69) is 24.0 Å². The van der Waals surface area contributed by atoms with Crippen LogP contribution in [0.25, 0.3) is 0 Å². The molecule has 1 atom stereocenters. The minimum absolute atomic E-state index is 0.0974. The molecule has 0 unspecified atom stereocenters. The number of amides is 1. The third-order valence-electron chi connectivity index (χ3n) is 4.00. The summed E-state index contributed by atoms with van der Waals surface area (Å²) in [5, 5.41) is 4.31. The molecule has 0 aliphatic carbocycles. The van der Waals surface area contributed by atoms with E-state index in [0.29, 0.717) is 6.04 Å². The molecule has 0 spiro atoms. The van der Waals surface area contributed by atoms with Crippen molar-refractivity contribution in [2.24, 2.45) is 0 Å². The van der Waals surface area contributed by atoms with Gasteiger partial charge in [0.2, 0.25) is 0 Å². The van der Waals surface area contributed by atoms with Crippen LogP contribution in [-0.4, -0.2) is 58.7 Å². The maximum Gasteiger partial charge on any atom is 0.257 e. The third kappa shape index (κ3) is 2.81. The van der Waals surface area contributed by atoms with Crippen LogP contribution in [-0.2, 0) is 6.54 Å². The molecule has 2 heterocycles. The standard InChI is InChI=1S/C14H24N4O/c1-5-7-18-11(2)13(9-15-18)14(19)17(4)12-6-8-16(3)10-12/h9,12H,5-8,10H2,1-4H3/t12-/m1/s1. The molecule has 5 heteroatoms. The summed E-state index contributed by atoms with van der Waals surface area (Å²) in [6.45, 7) is 6.99. The van der Waals surface area contributed by atoms with Crippen molar-refractivity contribution in [1.82, 2.24) is 19.6 Å². The number of likely N-dealkylation sites (N-methyl/N-ethyl adjacent to an activating group) is 2. The lowest BCUT2D eigenvalue weighted by Gasteiger charge is -2.24. The molecule has 1 fully saturated rings. The van der Waals surface area contributed by atoms with Crippen molar-refractivity contribution < 1.29 is 4.79 Å². The fraction of sp³-hybridized carbons (Fsp3) is 0.714. The lowest BCUT2D eigenvalue weighted by molar-refractivity contribution is 0.0736. The van der Waals surface area contributed by atoms with Crippen LogP contribution in [0.2, 0.25) is 0 Å². The van der Waals surface area contributed by atoms with Crippen molar-refractivity contribution in [3.8, 4) is 0 Å². The Morgan fingerprint density at radius 1 is 1.58 bits per heavy atom. The van der Waals surface area contributed by atoms with Crippen LogP contribution in [0, 0.1) is 6.92 Å². The summed E-state index contributed by atoms with van der Waals surface area (Å²) >= 11 is 0. The normalized spacial score (nSPS) is 19.9. The number of hydrogen-bond acceptors (Lipinski definition) is 3. The lowest BCUT2D eigenvalue weighted by Crippen LogP contribution is -2.38. The molecular weight excluding hydrogens is 240 g/mol. The number of nitrogens with zero attached hydrogens (tertiary/aromatic N) is 4. The Morgan fingerprint density at radius 2 is 2.32 bits per heavy atom. The van der Waals surface area contributed by atoms with Crippen LogP contribution in [0.15, 0.2) is 6.20 Å². The van der Waals surface area contributed by atoms with E-state index in [4.69, 9.17) is 0 Å². The second-order valence-electron chi connectivity index (χ2n) is 5.49.